The molecule has 1 N–H and O–H groups in total. The van der Waals surface area contributed by atoms with Crippen molar-refractivity contribution in [2.75, 3.05) is 5.88 Å². The van der Waals surface area contributed by atoms with E-state index in [-0.39, 0.29) is 5.09 Å². The minimum absolute atomic E-state index is 0.257. The Morgan fingerprint density at radius 1 is 1.60 bits per heavy atom. The van der Waals surface area contributed by atoms with Gasteiger partial charge in [0.2, 0.25) is 0 Å². The third-order valence-electron chi connectivity index (χ3n) is 0.674. The highest BCUT2D eigenvalue weighted by atomic mass is 32.2. The van der Waals surface area contributed by atoms with Gasteiger partial charge < -0.3 is 10.1 Å². The van der Waals surface area contributed by atoms with E-state index >= 15 is 0 Å². The highest BCUT2D eigenvalue weighted by molar-refractivity contribution is 8.03. The zero-order valence-corrected chi connectivity index (χ0v) is 5.47. The Bertz CT molecular complexity index is 155. The average molecular weight is 170 g/mol. The highest BCUT2D eigenvalue weighted by Crippen LogP contribution is 2.28. The van der Waals surface area contributed by atoms with Crippen LogP contribution in [0.1, 0.15) is 0 Å². The van der Waals surface area contributed by atoms with Crippen molar-refractivity contribution in [1.82, 2.24) is 5.32 Å². The van der Waals surface area contributed by atoms with Gasteiger partial charge in [-0.1, -0.05) is 11.8 Å². The Kier molecular flexibility index (Phi) is 1.98. The second-order valence-electron chi connectivity index (χ2n) is 1.43. The average Bonchev–Trinajstić information content (AvgIpc) is 2.12. The van der Waals surface area contributed by atoms with Gasteiger partial charge in [0, 0.05) is 0 Å². The molecule has 0 fully saturated rings. The molecule has 2 nitrogen and oxygen atoms in total. The number of ether oxygens (including phenoxy) is 1. The van der Waals surface area contributed by atoms with E-state index in [9.17, 15) is 13.2 Å². The van der Waals surface area contributed by atoms with Gasteiger partial charge in [0.15, 0.2) is 5.09 Å². The first-order valence-electron chi connectivity index (χ1n) is 2.32. The molecule has 0 aliphatic carbocycles. The Labute approximate surface area is 59.4 Å². The molecule has 0 unspecified atom stereocenters. The highest BCUT2D eigenvalue weighted by Gasteiger charge is 2.33. The minimum Gasteiger partial charge on any atom is -0.397 e. The molecular weight excluding hydrogens is 167 g/mol. The molecular formula is C4H3F3NOS. The van der Waals surface area contributed by atoms with Crippen LogP contribution in [0, 0.1) is 6.20 Å². The zero-order valence-electron chi connectivity index (χ0n) is 4.66. The van der Waals surface area contributed by atoms with E-state index in [1.165, 1.54) is 0 Å². The Morgan fingerprint density at radius 3 is 2.70 bits per heavy atom. The molecule has 0 spiro atoms. The number of nitrogens with one attached hydrogen (secondary N) is 1. The molecule has 0 aromatic heterocycles. The molecule has 0 atom stereocenters. The van der Waals surface area contributed by atoms with Gasteiger partial charge in [-0.15, -0.1) is 13.2 Å². The van der Waals surface area contributed by atoms with Crippen LogP contribution >= 0.6 is 11.8 Å². The van der Waals surface area contributed by atoms with Crippen molar-refractivity contribution >= 4 is 11.8 Å². The SMILES string of the molecule is FC(F)(F)OC1=[C]NCS1. The summed E-state index contributed by atoms with van der Waals surface area (Å²) < 4.78 is 37.7. The monoisotopic (exact) mass is 170 g/mol. The summed E-state index contributed by atoms with van der Waals surface area (Å²) >= 11 is 0.921. The lowest BCUT2D eigenvalue weighted by molar-refractivity contribution is -0.300. The normalized spacial score (nSPS) is 18.1. The number of alkyl halides is 3. The predicted molar refractivity (Wildman–Crippen MR) is 29.5 cm³/mol. The van der Waals surface area contributed by atoms with Gasteiger partial charge in [0.25, 0.3) is 0 Å². The summed E-state index contributed by atoms with van der Waals surface area (Å²) in [7, 11) is 0. The maximum absolute atomic E-state index is 11.4. The lowest BCUT2D eigenvalue weighted by Gasteiger charge is -2.06. The summed E-state index contributed by atoms with van der Waals surface area (Å²) in [4.78, 5) is 0. The first-order chi connectivity index (χ1) is 4.58. The van der Waals surface area contributed by atoms with Crippen molar-refractivity contribution in [1.29, 1.82) is 0 Å². The van der Waals surface area contributed by atoms with E-state index in [0.717, 1.165) is 11.8 Å². The fourth-order valence-corrected chi connectivity index (χ4v) is 0.979. The van der Waals surface area contributed by atoms with E-state index in [0.29, 0.717) is 5.88 Å². The maximum Gasteiger partial charge on any atom is 0.573 e. The first kappa shape index (κ1) is 7.59. The number of rotatable bonds is 1. The standard InChI is InChI=1S/C4H3F3NOS/c5-4(6,7)9-3-1-8-2-10-3/h8H,2H2. The molecule has 0 saturated carbocycles. The van der Waals surface area contributed by atoms with Gasteiger partial charge in [-0.05, 0) is 0 Å². The second kappa shape index (κ2) is 2.61. The Balaban J connectivity index is 2.38. The van der Waals surface area contributed by atoms with E-state index in [4.69, 9.17) is 0 Å². The van der Waals surface area contributed by atoms with Crippen molar-refractivity contribution in [3.63, 3.8) is 0 Å². The molecule has 6 heteroatoms. The fourth-order valence-electron chi connectivity index (χ4n) is 0.406. The smallest absolute Gasteiger partial charge is 0.397 e. The van der Waals surface area contributed by atoms with Crippen LogP contribution in [0.5, 0.6) is 0 Å². The Morgan fingerprint density at radius 2 is 2.30 bits per heavy atom. The third kappa shape index (κ3) is 2.38. The molecule has 57 valence electrons. The molecule has 0 aromatic rings. The molecule has 1 aliphatic heterocycles. The van der Waals surface area contributed by atoms with Crippen LogP contribution in [0.15, 0.2) is 5.09 Å². The summed E-state index contributed by atoms with van der Waals surface area (Å²) in [6, 6.07) is 0. The van der Waals surface area contributed by atoms with E-state index in [1.54, 1.807) is 0 Å². The lowest BCUT2D eigenvalue weighted by Crippen LogP contribution is -2.11. The molecule has 1 radical (unpaired) electrons. The van der Waals surface area contributed by atoms with Crippen molar-refractivity contribution in [3.05, 3.63) is 11.3 Å². The van der Waals surface area contributed by atoms with E-state index < -0.39 is 6.36 Å². The Hall–Kier alpha value is -0.520. The van der Waals surface area contributed by atoms with E-state index in [2.05, 4.69) is 16.3 Å². The number of hydrogen-bond donors (Lipinski definition) is 1. The van der Waals surface area contributed by atoms with Crippen molar-refractivity contribution < 1.29 is 17.9 Å². The van der Waals surface area contributed by atoms with Crippen molar-refractivity contribution in [2.24, 2.45) is 0 Å². The molecule has 0 amide bonds. The van der Waals surface area contributed by atoms with Crippen LogP contribution in [-0.4, -0.2) is 12.2 Å². The number of hydrogen-bond acceptors (Lipinski definition) is 3. The minimum atomic E-state index is -4.60. The fraction of sp³-hybridized carbons (Fsp3) is 0.500. The van der Waals surface area contributed by atoms with Crippen LogP contribution in [0.25, 0.3) is 0 Å². The first-order valence-corrected chi connectivity index (χ1v) is 3.31. The van der Waals surface area contributed by atoms with Crippen LogP contribution < -0.4 is 5.32 Å². The molecule has 1 rings (SSSR count). The van der Waals surface area contributed by atoms with Crippen molar-refractivity contribution in [2.45, 2.75) is 6.36 Å². The summed E-state index contributed by atoms with van der Waals surface area (Å²) in [6.45, 7) is 0. The molecule has 1 heterocycles. The maximum atomic E-state index is 11.4. The van der Waals surface area contributed by atoms with Crippen LogP contribution in [0.4, 0.5) is 13.2 Å². The number of thioether (sulfide) groups is 1. The summed E-state index contributed by atoms with van der Waals surface area (Å²) in [5.74, 6) is 0.380. The topological polar surface area (TPSA) is 21.3 Å². The van der Waals surface area contributed by atoms with Crippen LogP contribution in [0.3, 0.4) is 0 Å². The molecule has 0 saturated heterocycles. The van der Waals surface area contributed by atoms with E-state index in [1.807, 2.05) is 0 Å². The summed E-state index contributed by atoms with van der Waals surface area (Å²) in [6.07, 6.45) is -2.40. The zero-order chi connectivity index (χ0) is 7.61. The quantitative estimate of drug-likeness (QED) is 0.643. The van der Waals surface area contributed by atoms with Crippen LogP contribution in [0.2, 0.25) is 0 Å². The van der Waals surface area contributed by atoms with Crippen LogP contribution in [-0.2, 0) is 4.74 Å². The third-order valence-corrected chi connectivity index (χ3v) is 1.41. The van der Waals surface area contributed by atoms with Gasteiger partial charge in [-0.3, -0.25) is 0 Å². The molecule has 10 heavy (non-hydrogen) atoms. The molecule has 1 aliphatic rings. The second-order valence-corrected chi connectivity index (χ2v) is 2.37. The summed E-state index contributed by atoms with van der Waals surface area (Å²) in [5, 5.41) is 2.19. The lowest BCUT2D eigenvalue weighted by atomic mass is 10.9. The molecule has 0 aromatic carbocycles. The van der Waals surface area contributed by atoms with Gasteiger partial charge >= 0.3 is 6.36 Å². The van der Waals surface area contributed by atoms with Gasteiger partial charge in [-0.25, -0.2) is 0 Å². The van der Waals surface area contributed by atoms with Gasteiger partial charge in [0.05, 0.1) is 5.88 Å². The number of halogens is 3. The largest absolute Gasteiger partial charge is 0.573 e. The van der Waals surface area contributed by atoms with Gasteiger partial charge in [-0.2, -0.15) is 0 Å². The molecule has 0 bridgehead atoms. The van der Waals surface area contributed by atoms with Crippen molar-refractivity contribution in [3.8, 4) is 0 Å². The predicted octanol–water partition coefficient (Wildman–Crippen LogP) is 1.42. The summed E-state index contributed by atoms with van der Waals surface area (Å²) in [5.41, 5.74) is 0. The van der Waals surface area contributed by atoms with Gasteiger partial charge in [0.1, 0.15) is 6.20 Å².